The molecule has 1 saturated heterocycles. The van der Waals surface area contributed by atoms with Gasteiger partial charge >= 0.3 is 6.09 Å². The number of ether oxygens (including phenoxy) is 2. The monoisotopic (exact) mass is 472 g/mol. The first-order valence-electron chi connectivity index (χ1n) is 12.3. The molecule has 0 aliphatic carbocycles. The molecule has 7 heteroatoms. The van der Waals surface area contributed by atoms with E-state index < -0.39 is 5.60 Å². The number of rotatable bonds is 5. The number of imidazole rings is 1. The largest absolute Gasteiger partial charge is 0.444 e. The lowest BCUT2D eigenvalue weighted by Gasteiger charge is -2.33. The Labute approximate surface area is 205 Å². The number of pyridine rings is 1. The second kappa shape index (κ2) is 9.56. The molecule has 2 aromatic carbocycles. The van der Waals surface area contributed by atoms with Crippen LogP contribution in [-0.2, 0) is 11.3 Å². The van der Waals surface area contributed by atoms with Crippen LogP contribution in [0.2, 0.25) is 0 Å². The maximum atomic E-state index is 12.4. The summed E-state index contributed by atoms with van der Waals surface area (Å²) in [5.41, 5.74) is 2.25. The number of fused-ring (bicyclic) bond motifs is 3. The Bertz CT molecular complexity index is 1320. The SMILES string of the molecule is CC(C)(C)OC(=O)N1CCC(CCn2cnc3c(Oc4ccccc4)nc4ccccc4c32)CC1. The zero-order valence-corrected chi connectivity index (χ0v) is 20.6. The van der Waals surface area contributed by atoms with E-state index in [1.807, 2.05) is 80.5 Å². The van der Waals surface area contributed by atoms with Crippen LogP contribution in [0.1, 0.15) is 40.0 Å². The number of hydrogen-bond acceptors (Lipinski definition) is 5. The van der Waals surface area contributed by atoms with Crippen LogP contribution >= 0.6 is 0 Å². The van der Waals surface area contributed by atoms with Crippen molar-refractivity contribution >= 4 is 28.0 Å². The third-order valence-corrected chi connectivity index (χ3v) is 6.42. The van der Waals surface area contributed by atoms with Crippen LogP contribution < -0.4 is 4.74 Å². The first-order valence-corrected chi connectivity index (χ1v) is 12.3. The summed E-state index contributed by atoms with van der Waals surface area (Å²) in [7, 11) is 0. The summed E-state index contributed by atoms with van der Waals surface area (Å²) in [6.45, 7) is 8.05. The molecule has 4 aromatic rings. The summed E-state index contributed by atoms with van der Waals surface area (Å²) in [4.78, 5) is 23.7. The average molecular weight is 473 g/mol. The second-order valence-electron chi connectivity index (χ2n) is 10.2. The molecule has 182 valence electrons. The number of aromatic nitrogens is 3. The van der Waals surface area contributed by atoms with E-state index in [0.717, 1.165) is 66.6 Å². The fourth-order valence-electron chi connectivity index (χ4n) is 4.65. The van der Waals surface area contributed by atoms with Crippen LogP contribution in [0.4, 0.5) is 4.79 Å². The number of para-hydroxylation sites is 2. The molecule has 0 atom stereocenters. The van der Waals surface area contributed by atoms with E-state index in [1.165, 1.54) is 0 Å². The standard InChI is InChI=1S/C28H32N4O3/c1-28(2,3)35-27(33)31-16-13-20(14-17-31)15-18-32-19-29-24-25(32)22-11-7-8-12-23(22)30-26(24)34-21-9-5-4-6-10-21/h4-12,19-20H,13-18H2,1-3H3. The number of amides is 1. The first-order chi connectivity index (χ1) is 16.9. The molecule has 3 heterocycles. The predicted molar refractivity (Wildman–Crippen MR) is 137 cm³/mol. The fraction of sp³-hybridized carbons (Fsp3) is 0.393. The number of aryl methyl sites for hydroxylation is 1. The van der Waals surface area contributed by atoms with Crippen LogP contribution in [0, 0.1) is 5.92 Å². The van der Waals surface area contributed by atoms with Crippen molar-refractivity contribution in [1.29, 1.82) is 0 Å². The van der Waals surface area contributed by atoms with Gasteiger partial charge in [-0.3, -0.25) is 0 Å². The van der Waals surface area contributed by atoms with Crippen molar-refractivity contribution < 1.29 is 14.3 Å². The minimum Gasteiger partial charge on any atom is -0.444 e. The lowest BCUT2D eigenvalue weighted by molar-refractivity contribution is 0.0180. The summed E-state index contributed by atoms with van der Waals surface area (Å²) in [5, 5.41) is 1.07. The van der Waals surface area contributed by atoms with E-state index in [2.05, 4.69) is 10.6 Å². The van der Waals surface area contributed by atoms with Gasteiger partial charge in [0.25, 0.3) is 0 Å². The zero-order chi connectivity index (χ0) is 24.4. The summed E-state index contributed by atoms with van der Waals surface area (Å²) in [6.07, 6.45) is 4.68. The smallest absolute Gasteiger partial charge is 0.410 e. The summed E-state index contributed by atoms with van der Waals surface area (Å²) >= 11 is 0. The van der Waals surface area contributed by atoms with Crippen LogP contribution in [-0.4, -0.2) is 44.2 Å². The van der Waals surface area contributed by atoms with E-state index in [1.54, 1.807) is 0 Å². The average Bonchev–Trinajstić information content (AvgIpc) is 3.27. The number of likely N-dealkylation sites (tertiary alicyclic amines) is 1. The van der Waals surface area contributed by atoms with Gasteiger partial charge in [-0.05, 0) is 64.2 Å². The van der Waals surface area contributed by atoms with Crippen LogP contribution in [0.25, 0.3) is 21.9 Å². The fourth-order valence-corrected chi connectivity index (χ4v) is 4.65. The van der Waals surface area contributed by atoms with Gasteiger partial charge in [-0.2, -0.15) is 0 Å². The molecule has 5 rings (SSSR count). The van der Waals surface area contributed by atoms with Gasteiger partial charge in [-0.1, -0.05) is 36.4 Å². The number of hydrogen-bond donors (Lipinski definition) is 0. The topological polar surface area (TPSA) is 69.5 Å². The molecular weight excluding hydrogens is 440 g/mol. The molecule has 0 saturated carbocycles. The molecule has 1 fully saturated rings. The van der Waals surface area contributed by atoms with Crippen molar-refractivity contribution in [3.05, 3.63) is 60.9 Å². The van der Waals surface area contributed by atoms with Gasteiger partial charge in [0.15, 0.2) is 5.52 Å². The van der Waals surface area contributed by atoms with Gasteiger partial charge in [-0.15, -0.1) is 0 Å². The van der Waals surface area contributed by atoms with Crippen molar-refractivity contribution in [3.8, 4) is 11.6 Å². The van der Waals surface area contributed by atoms with Gasteiger partial charge in [0.1, 0.15) is 11.4 Å². The maximum Gasteiger partial charge on any atom is 0.410 e. The highest BCUT2D eigenvalue weighted by molar-refractivity contribution is 6.04. The first kappa shape index (κ1) is 23.1. The molecule has 2 aromatic heterocycles. The van der Waals surface area contributed by atoms with Crippen molar-refractivity contribution in [2.24, 2.45) is 5.92 Å². The van der Waals surface area contributed by atoms with E-state index in [9.17, 15) is 4.79 Å². The Balaban J connectivity index is 1.32. The Morgan fingerprint density at radius 2 is 1.74 bits per heavy atom. The number of carbonyl (C=O) groups is 1. The zero-order valence-electron chi connectivity index (χ0n) is 20.6. The lowest BCUT2D eigenvalue weighted by atomic mass is 9.93. The predicted octanol–water partition coefficient (Wildman–Crippen LogP) is 6.41. The van der Waals surface area contributed by atoms with Crippen LogP contribution in [0.15, 0.2) is 60.9 Å². The summed E-state index contributed by atoms with van der Waals surface area (Å²) in [6, 6.07) is 17.8. The Morgan fingerprint density at radius 3 is 2.49 bits per heavy atom. The van der Waals surface area contributed by atoms with E-state index in [-0.39, 0.29) is 6.09 Å². The van der Waals surface area contributed by atoms with Gasteiger partial charge in [0.2, 0.25) is 5.88 Å². The molecule has 1 aliphatic rings. The summed E-state index contributed by atoms with van der Waals surface area (Å²) in [5.74, 6) is 1.82. The normalized spacial score (nSPS) is 15.0. The maximum absolute atomic E-state index is 12.4. The van der Waals surface area contributed by atoms with E-state index >= 15 is 0 Å². The van der Waals surface area contributed by atoms with E-state index in [4.69, 9.17) is 19.4 Å². The van der Waals surface area contributed by atoms with Crippen molar-refractivity contribution in [1.82, 2.24) is 19.4 Å². The van der Waals surface area contributed by atoms with Crippen molar-refractivity contribution in [2.75, 3.05) is 13.1 Å². The third-order valence-electron chi connectivity index (χ3n) is 6.42. The molecule has 0 spiro atoms. The third kappa shape index (κ3) is 5.24. The molecule has 0 bridgehead atoms. The second-order valence-corrected chi connectivity index (χ2v) is 10.2. The summed E-state index contributed by atoms with van der Waals surface area (Å²) < 4.78 is 13.9. The minimum absolute atomic E-state index is 0.207. The number of piperidine rings is 1. The Kier molecular flexibility index (Phi) is 6.32. The molecule has 0 N–H and O–H groups in total. The number of benzene rings is 2. The molecule has 7 nitrogen and oxygen atoms in total. The van der Waals surface area contributed by atoms with Gasteiger partial charge in [-0.25, -0.2) is 14.8 Å². The van der Waals surface area contributed by atoms with Gasteiger partial charge in [0, 0.05) is 25.0 Å². The quantitative estimate of drug-likeness (QED) is 0.335. The van der Waals surface area contributed by atoms with Crippen LogP contribution in [0.5, 0.6) is 11.6 Å². The number of carbonyl (C=O) groups excluding carboxylic acids is 1. The minimum atomic E-state index is -0.461. The highest BCUT2D eigenvalue weighted by Gasteiger charge is 2.27. The van der Waals surface area contributed by atoms with Crippen molar-refractivity contribution in [3.63, 3.8) is 0 Å². The molecule has 35 heavy (non-hydrogen) atoms. The molecule has 0 radical (unpaired) electrons. The molecule has 1 amide bonds. The highest BCUT2D eigenvalue weighted by Crippen LogP contribution is 2.33. The molecular formula is C28H32N4O3. The lowest BCUT2D eigenvalue weighted by Crippen LogP contribution is -2.41. The Hall–Kier alpha value is -3.61. The highest BCUT2D eigenvalue weighted by atomic mass is 16.6. The van der Waals surface area contributed by atoms with E-state index in [0.29, 0.717) is 11.8 Å². The number of nitrogens with zero attached hydrogens (tertiary/aromatic N) is 4. The van der Waals surface area contributed by atoms with Gasteiger partial charge < -0.3 is 18.9 Å². The van der Waals surface area contributed by atoms with Gasteiger partial charge in [0.05, 0.1) is 17.4 Å². The molecule has 1 aliphatic heterocycles. The van der Waals surface area contributed by atoms with Crippen molar-refractivity contribution in [2.45, 2.75) is 52.2 Å². The van der Waals surface area contributed by atoms with Crippen LogP contribution in [0.3, 0.4) is 0 Å². The Morgan fingerprint density at radius 1 is 1.03 bits per heavy atom. The molecule has 0 unspecified atom stereocenters.